The largest absolute Gasteiger partial charge is 0.465 e. The Morgan fingerprint density at radius 3 is 2.53 bits per heavy atom. The summed E-state index contributed by atoms with van der Waals surface area (Å²) in [7, 11) is 1.35. The third-order valence-electron chi connectivity index (χ3n) is 4.23. The number of H-pyrrole nitrogens is 1. The van der Waals surface area contributed by atoms with Crippen molar-refractivity contribution < 1.29 is 14.3 Å². The van der Waals surface area contributed by atoms with Gasteiger partial charge < -0.3 is 15.0 Å². The van der Waals surface area contributed by atoms with Crippen molar-refractivity contribution in [3.8, 4) is 32.5 Å². The van der Waals surface area contributed by atoms with Crippen LogP contribution in [0.2, 0.25) is 0 Å². The number of aromatic amines is 1. The predicted molar refractivity (Wildman–Crippen MR) is 114 cm³/mol. The van der Waals surface area contributed by atoms with E-state index in [0.29, 0.717) is 17.2 Å². The molecule has 150 valence electrons. The highest BCUT2D eigenvalue weighted by atomic mass is 32.1. The fourth-order valence-electron chi connectivity index (χ4n) is 2.88. The van der Waals surface area contributed by atoms with Crippen LogP contribution in [0.4, 0.5) is 5.82 Å². The highest BCUT2D eigenvalue weighted by Crippen LogP contribution is 2.39. The van der Waals surface area contributed by atoms with Crippen molar-refractivity contribution >= 4 is 29.0 Å². The Morgan fingerprint density at radius 2 is 1.87 bits per heavy atom. The van der Waals surface area contributed by atoms with Crippen molar-refractivity contribution in [3.63, 3.8) is 0 Å². The van der Waals surface area contributed by atoms with Gasteiger partial charge in [0.25, 0.3) is 0 Å². The summed E-state index contributed by atoms with van der Waals surface area (Å²) in [5, 5.41) is 3.43. The van der Waals surface area contributed by atoms with Crippen molar-refractivity contribution in [2.45, 2.75) is 6.92 Å². The van der Waals surface area contributed by atoms with Gasteiger partial charge >= 0.3 is 5.97 Å². The van der Waals surface area contributed by atoms with Crippen molar-refractivity contribution in [1.29, 1.82) is 0 Å². The first kappa shape index (κ1) is 19.5. The molecule has 0 atom stereocenters. The lowest BCUT2D eigenvalue weighted by Crippen LogP contribution is -2.07. The molecular weight excluding hydrogens is 402 g/mol. The number of carbonyl (C=O) groups is 2. The molecule has 0 radical (unpaired) electrons. The smallest absolute Gasteiger partial charge is 0.337 e. The summed E-state index contributed by atoms with van der Waals surface area (Å²) in [6, 6.07) is 10.7. The lowest BCUT2D eigenvalue weighted by Gasteiger charge is -2.03. The normalized spacial score (nSPS) is 10.6. The summed E-state index contributed by atoms with van der Waals surface area (Å²) in [6.07, 6.45) is 5.06. The molecule has 4 aromatic rings. The van der Waals surface area contributed by atoms with Crippen LogP contribution in [0.15, 0.2) is 55.0 Å². The molecule has 0 saturated carbocycles. The number of rotatable bonds is 5. The molecule has 3 heterocycles. The number of aromatic nitrogens is 4. The van der Waals surface area contributed by atoms with Gasteiger partial charge in [0.1, 0.15) is 16.6 Å². The molecule has 0 saturated heterocycles. The van der Waals surface area contributed by atoms with E-state index in [4.69, 9.17) is 9.72 Å². The minimum Gasteiger partial charge on any atom is -0.465 e. The van der Waals surface area contributed by atoms with Crippen LogP contribution in [0.1, 0.15) is 17.3 Å². The zero-order valence-electron chi connectivity index (χ0n) is 16.2. The summed E-state index contributed by atoms with van der Waals surface area (Å²) >= 11 is 1.47. The topological polar surface area (TPSA) is 110 Å². The summed E-state index contributed by atoms with van der Waals surface area (Å²) < 4.78 is 4.76. The maximum atomic E-state index is 11.7. The van der Waals surface area contributed by atoms with Gasteiger partial charge in [-0.3, -0.25) is 4.79 Å². The molecule has 0 spiro atoms. The molecule has 1 aromatic carbocycles. The van der Waals surface area contributed by atoms with Gasteiger partial charge in [-0.25, -0.2) is 19.7 Å². The van der Waals surface area contributed by atoms with E-state index in [-0.39, 0.29) is 5.91 Å². The van der Waals surface area contributed by atoms with Gasteiger partial charge in [-0.1, -0.05) is 12.1 Å². The van der Waals surface area contributed by atoms with Gasteiger partial charge in [-0.2, -0.15) is 0 Å². The SMILES string of the molecule is COC(=O)c1ccc(-c2nc(-c3ccnc(NC(C)=O)c3)sc2-c2ncc[nH]2)cc1. The number of methoxy groups -OCH3 is 1. The molecule has 4 rings (SSSR count). The average Bonchev–Trinajstić information content (AvgIpc) is 3.43. The summed E-state index contributed by atoms with van der Waals surface area (Å²) in [4.78, 5) is 40.4. The van der Waals surface area contributed by atoms with Crippen LogP contribution >= 0.6 is 11.3 Å². The summed E-state index contributed by atoms with van der Waals surface area (Å²) in [5.74, 6) is 0.566. The van der Waals surface area contributed by atoms with Crippen LogP contribution in [0.5, 0.6) is 0 Å². The van der Waals surface area contributed by atoms with Gasteiger partial charge in [-0.15, -0.1) is 11.3 Å². The fourth-order valence-corrected chi connectivity index (χ4v) is 3.93. The Balaban J connectivity index is 1.78. The Kier molecular flexibility index (Phi) is 5.36. The Bertz CT molecular complexity index is 1200. The molecule has 0 aliphatic carbocycles. The number of pyridine rings is 1. The van der Waals surface area contributed by atoms with E-state index in [1.165, 1.54) is 25.4 Å². The van der Waals surface area contributed by atoms with Crippen molar-refractivity contribution in [2.75, 3.05) is 12.4 Å². The molecule has 0 aliphatic heterocycles. The van der Waals surface area contributed by atoms with E-state index >= 15 is 0 Å². The van der Waals surface area contributed by atoms with Crippen LogP contribution in [0.25, 0.3) is 32.5 Å². The lowest BCUT2D eigenvalue weighted by molar-refractivity contribution is -0.114. The van der Waals surface area contributed by atoms with E-state index in [1.54, 1.807) is 36.8 Å². The number of hydrogen-bond donors (Lipinski definition) is 2. The number of anilines is 1. The second-order valence-corrected chi connectivity index (χ2v) is 7.31. The molecule has 0 aliphatic rings. The molecule has 3 aromatic heterocycles. The number of nitrogens with zero attached hydrogens (tertiary/aromatic N) is 3. The molecule has 8 nitrogen and oxygen atoms in total. The second kappa shape index (κ2) is 8.26. The summed E-state index contributed by atoms with van der Waals surface area (Å²) in [6.45, 7) is 1.43. The zero-order chi connectivity index (χ0) is 21.1. The quantitative estimate of drug-likeness (QED) is 0.473. The van der Waals surface area contributed by atoms with Crippen LogP contribution < -0.4 is 5.32 Å². The van der Waals surface area contributed by atoms with Crippen LogP contribution in [0, 0.1) is 0 Å². The average molecular weight is 419 g/mol. The maximum Gasteiger partial charge on any atom is 0.337 e. The molecule has 0 fully saturated rings. The van der Waals surface area contributed by atoms with Gasteiger partial charge in [0.15, 0.2) is 0 Å². The van der Waals surface area contributed by atoms with Crippen LogP contribution in [0.3, 0.4) is 0 Å². The number of imidazole rings is 1. The Labute approximate surface area is 176 Å². The summed E-state index contributed by atoms with van der Waals surface area (Å²) in [5.41, 5.74) is 2.86. The zero-order valence-corrected chi connectivity index (χ0v) is 17.0. The van der Waals surface area contributed by atoms with Crippen molar-refractivity contribution in [2.24, 2.45) is 0 Å². The van der Waals surface area contributed by atoms with Crippen LogP contribution in [-0.4, -0.2) is 38.9 Å². The highest BCUT2D eigenvalue weighted by Gasteiger charge is 2.18. The van der Waals surface area contributed by atoms with Gasteiger partial charge in [0.2, 0.25) is 5.91 Å². The number of amides is 1. The van der Waals surface area contributed by atoms with E-state index < -0.39 is 5.97 Å². The number of ether oxygens (including phenoxy) is 1. The molecular formula is C21H17N5O3S. The number of nitrogens with one attached hydrogen (secondary N) is 2. The number of benzene rings is 1. The Morgan fingerprint density at radius 1 is 1.07 bits per heavy atom. The van der Waals surface area contributed by atoms with Crippen molar-refractivity contribution in [1.82, 2.24) is 19.9 Å². The van der Waals surface area contributed by atoms with E-state index in [9.17, 15) is 9.59 Å². The third-order valence-corrected chi connectivity index (χ3v) is 5.34. The third kappa shape index (κ3) is 3.96. The second-order valence-electron chi connectivity index (χ2n) is 6.31. The van der Waals surface area contributed by atoms with E-state index in [1.807, 2.05) is 18.2 Å². The number of esters is 1. The monoisotopic (exact) mass is 419 g/mol. The molecule has 0 bridgehead atoms. The van der Waals surface area contributed by atoms with Gasteiger partial charge in [-0.05, 0) is 24.3 Å². The van der Waals surface area contributed by atoms with E-state index in [2.05, 4.69) is 20.3 Å². The predicted octanol–water partition coefficient (Wildman–Crippen LogP) is 4.01. The van der Waals surface area contributed by atoms with Crippen molar-refractivity contribution in [3.05, 3.63) is 60.6 Å². The molecule has 1 amide bonds. The first-order valence-electron chi connectivity index (χ1n) is 8.98. The maximum absolute atomic E-state index is 11.7. The number of carbonyl (C=O) groups excluding carboxylic acids is 2. The molecule has 9 heteroatoms. The minimum absolute atomic E-state index is 0.193. The van der Waals surface area contributed by atoms with Gasteiger partial charge in [0.05, 0.1) is 23.2 Å². The number of thiazole rings is 1. The first-order valence-corrected chi connectivity index (χ1v) is 9.80. The lowest BCUT2D eigenvalue weighted by atomic mass is 10.1. The highest BCUT2D eigenvalue weighted by molar-refractivity contribution is 7.18. The minimum atomic E-state index is -0.394. The Hall–Kier alpha value is -3.85. The van der Waals surface area contributed by atoms with E-state index in [0.717, 1.165) is 26.7 Å². The van der Waals surface area contributed by atoms with Crippen LogP contribution in [-0.2, 0) is 9.53 Å². The fraction of sp³-hybridized carbons (Fsp3) is 0.0952. The number of hydrogen-bond acceptors (Lipinski definition) is 7. The van der Waals surface area contributed by atoms with Gasteiger partial charge in [0, 0.05) is 36.6 Å². The first-order chi connectivity index (χ1) is 14.5. The molecule has 2 N–H and O–H groups in total. The molecule has 0 unspecified atom stereocenters. The standard InChI is InChI=1S/C21H17N5O3S/c1-12(27)25-16-11-15(7-8-22-16)20-26-17(18(30-20)19-23-9-10-24-19)13-3-5-14(6-4-13)21(28)29-2/h3-11H,1-2H3,(H,23,24)(H,22,25,27). The molecule has 30 heavy (non-hydrogen) atoms.